The molecule has 0 bridgehead atoms. The lowest BCUT2D eigenvalue weighted by molar-refractivity contribution is -0.391. The van der Waals surface area contributed by atoms with Gasteiger partial charge in [0, 0.05) is 23.2 Å². The van der Waals surface area contributed by atoms with Crippen LogP contribution in [0.25, 0.3) is 11.3 Å². The first-order chi connectivity index (χ1) is 11.8. The van der Waals surface area contributed by atoms with Crippen molar-refractivity contribution in [1.29, 1.82) is 0 Å². The molecule has 0 amide bonds. The second kappa shape index (κ2) is 8.20. The molecular formula is C18H24N3O3S+. The van der Waals surface area contributed by atoms with Gasteiger partial charge >= 0.3 is 5.97 Å². The lowest BCUT2D eigenvalue weighted by atomic mass is 10.1. The van der Waals surface area contributed by atoms with Gasteiger partial charge in [-0.3, -0.25) is 0 Å². The molecule has 2 atom stereocenters. The summed E-state index contributed by atoms with van der Waals surface area (Å²) in [5.74, 6) is 0.479. The number of hydrogen-bond donors (Lipinski definition) is 1. The number of rotatable bonds is 7. The minimum absolute atomic E-state index is 0.0570. The van der Waals surface area contributed by atoms with Gasteiger partial charge in [-0.2, -0.15) is 3.98 Å². The average Bonchev–Trinajstić information content (AvgIpc) is 3.05. The van der Waals surface area contributed by atoms with Crippen LogP contribution in [0, 0.1) is 5.92 Å². The Hall–Kier alpha value is -2.28. The summed E-state index contributed by atoms with van der Waals surface area (Å²) < 4.78 is 12.0. The lowest BCUT2D eigenvalue weighted by Crippen LogP contribution is -2.35. The van der Waals surface area contributed by atoms with Crippen LogP contribution in [-0.4, -0.2) is 35.0 Å². The van der Waals surface area contributed by atoms with Gasteiger partial charge in [-0.25, -0.2) is 4.79 Å². The smallest absolute Gasteiger partial charge is 0.376 e. The number of nitrogens with zero attached hydrogens (tertiary/aromatic N) is 2. The number of hydrogen-bond acceptors (Lipinski definition) is 6. The molecule has 1 aromatic heterocycles. The van der Waals surface area contributed by atoms with Crippen molar-refractivity contribution in [2.75, 3.05) is 12.8 Å². The summed E-state index contributed by atoms with van der Waals surface area (Å²) in [6.45, 7) is 9.88. The number of methoxy groups -OCH3 is 1. The van der Waals surface area contributed by atoms with Crippen LogP contribution in [0.1, 0.15) is 31.8 Å². The first-order valence-corrected chi connectivity index (χ1v) is 8.84. The van der Waals surface area contributed by atoms with Crippen molar-refractivity contribution in [2.45, 2.75) is 32.1 Å². The molecule has 134 valence electrons. The van der Waals surface area contributed by atoms with E-state index in [1.807, 2.05) is 51.1 Å². The van der Waals surface area contributed by atoms with Crippen LogP contribution in [0.5, 0.6) is 0 Å². The molecule has 1 aromatic carbocycles. The largest absolute Gasteiger partial charge is 0.464 e. The number of anilines is 1. The van der Waals surface area contributed by atoms with Crippen molar-refractivity contribution < 1.29 is 18.0 Å². The molecule has 0 saturated carbocycles. The monoisotopic (exact) mass is 362 g/mol. The van der Waals surface area contributed by atoms with Gasteiger partial charge in [0.1, 0.15) is 17.7 Å². The van der Waals surface area contributed by atoms with Crippen molar-refractivity contribution in [3.8, 4) is 11.3 Å². The summed E-state index contributed by atoms with van der Waals surface area (Å²) in [5, 5.41) is 4.06. The Morgan fingerprint density at radius 2 is 1.96 bits per heavy atom. The Morgan fingerprint density at radius 1 is 1.32 bits per heavy atom. The van der Waals surface area contributed by atoms with Gasteiger partial charge in [0.15, 0.2) is 17.7 Å². The third-order valence-corrected chi connectivity index (χ3v) is 4.86. The third-order valence-electron chi connectivity index (χ3n) is 3.81. The van der Waals surface area contributed by atoms with Crippen molar-refractivity contribution >= 4 is 30.3 Å². The lowest BCUT2D eigenvalue weighted by Gasteiger charge is -2.15. The van der Waals surface area contributed by atoms with Crippen LogP contribution in [0.15, 0.2) is 34.9 Å². The van der Waals surface area contributed by atoms with E-state index >= 15 is 0 Å². The first kappa shape index (κ1) is 19.1. The molecule has 7 heteroatoms. The van der Waals surface area contributed by atoms with E-state index in [2.05, 4.69) is 11.9 Å². The number of nitrogen functional groups attached to an aromatic ring is 1. The van der Waals surface area contributed by atoms with Crippen molar-refractivity contribution in [3.05, 3.63) is 36.1 Å². The summed E-state index contributed by atoms with van der Waals surface area (Å²) >= 11 is 1.41. The van der Waals surface area contributed by atoms with Gasteiger partial charge < -0.3 is 15.0 Å². The zero-order chi connectivity index (χ0) is 18.6. The average molecular weight is 362 g/mol. The summed E-state index contributed by atoms with van der Waals surface area (Å²) in [6, 6.07) is 8.89. The molecule has 0 spiro atoms. The molecule has 0 aliphatic carbocycles. The van der Waals surface area contributed by atoms with Gasteiger partial charge in [-0.05, 0) is 19.1 Å². The topological polar surface area (TPSA) is 81.4 Å². The quantitative estimate of drug-likeness (QED) is 0.267. The molecule has 2 aromatic rings. The number of carbonyl (C=O) groups excluding carboxylic acids is 1. The SMILES string of the molecule is C=[N+](S[C@H](C)c1cc(-c2ccc(N)cc2)no1)C(C(=O)OC)C(C)C. The fourth-order valence-corrected chi connectivity index (χ4v) is 3.52. The number of carbonyl (C=O) groups is 1. The molecule has 1 heterocycles. The Bertz CT molecular complexity index is 740. The summed E-state index contributed by atoms with van der Waals surface area (Å²) in [6.07, 6.45) is 0. The number of benzene rings is 1. The number of esters is 1. The molecule has 2 N–H and O–H groups in total. The number of aromatic nitrogens is 1. The second-order valence-corrected chi connectivity index (χ2v) is 7.50. The summed E-state index contributed by atoms with van der Waals surface area (Å²) in [7, 11) is 1.38. The number of nitrogens with two attached hydrogens (primary N) is 1. The second-order valence-electron chi connectivity index (χ2n) is 6.11. The standard InChI is InChI=1S/C18H24N3O3S/c1-11(2)17(18(22)23-5)21(4)25-12(3)16-10-15(20-24-16)13-6-8-14(19)9-7-13/h6-12,17H,4,19H2,1-3,5H3/q+1/t12-,17?/m1/s1. The molecule has 0 aliphatic rings. The van der Waals surface area contributed by atoms with Crippen LogP contribution >= 0.6 is 11.9 Å². The van der Waals surface area contributed by atoms with Gasteiger partial charge in [0.25, 0.3) is 6.04 Å². The van der Waals surface area contributed by atoms with E-state index in [9.17, 15) is 4.79 Å². The van der Waals surface area contributed by atoms with E-state index in [1.165, 1.54) is 19.1 Å². The Kier molecular flexibility index (Phi) is 6.25. The van der Waals surface area contributed by atoms with Gasteiger partial charge in [0.2, 0.25) is 0 Å². The third kappa shape index (κ3) is 4.63. The minimum Gasteiger partial charge on any atom is -0.464 e. The first-order valence-electron chi connectivity index (χ1n) is 8.00. The molecule has 25 heavy (non-hydrogen) atoms. The molecule has 0 fully saturated rings. The number of ether oxygens (including phenoxy) is 1. The maximum atomic E-state index is 12.0. The summed E-state index contributed by atoms with van der Waals surface area (Å²) in [5.41, 5.74) is 8.08. The van der Waals surface area contributed by atoms with Crippen molar-refractivity contribution in [3.63, 3.8) is 0 Å². The fourth-order valence-electron chi connectivity index (χ4n) is 2.43. The molecule has 6 nitrogen and oxygen atoms in total. The molecule has 1 unspecified atom stereocenters. The highest BCUT2D eigenvalue weighted by molar-refractivity contribution is 7.93. The van der Waals surface area contributed by atoms with E-state index in [0.29, 0.717) is 11.4 Å². The van der Waals surface area contributed by atoms with Gasteiger partial charge in [-0.15, -0.1) is 0 Å². The highest BCUT2D eigenvalue weighted by atomic mass is 32.2. The van der Waals surface area contributed by atoms with Crippen molar-refractivity contribution in [2.24, 2.45) is 5.92 Å². The van der Waals surface area contributed by atoms with E-state index < -0.39 is 6.04 Å². The van der Waals surface area contributed by atoms with E-state index in [4.69, 9.17) is 15.0 Å². The van der Waals surface area contributed by atoms with Crippen LogP contribution < -0.4 is 5.73 Å². The predicted molar refractivity (Wildman–Crippen MR) is 100 cm³/mol. The Labute approximate surface area is 152 Å². The van der Waals surface area contributed by atoms with Crippen LogP contribution in [-0.2, 0) is 9.53 Å². The molecule has 0 aliphatic heterocycles. The zero-order valence-electron chi connectivity index (χ0n) is 14.9. The highest BCUT2D eigenvalue weighted by Crippen LogP contribution is 2.33. The van der Waals surface area contributed by atoms with Crippen LogP contribution in [0.3, 0.4) is 0 Å². The van der Waals surface area contributed by atoms with E-state index in [1.54, 1.807) is 3.98 Å². The van der Waals surface area contributed by atoms with Gasteiger partial charge in [-0.1, -0.05) is 31.1 Å². The van der Waals surface area contributed by atoms with Crippen molar-refractivity contribution in [1.82, 2.24) is 5.16 Å². The van der Waals surface area contributed by atoms with Crippen LogP contribution in [0.2, 0.25) is 0 Å². The predicted octanol–water partition coefficient (Wildman–Crippen LogP) is 3.54. The molecular weight excluding hydrogens is 338 g/mol. The fraction of sp³-hybridized carbons (Fsp3) is 0.389. The van der Waals surface area contributed by atoms with Gasteiger partial charge in [0.05, 0.1) is 7.11 Å². The maximum Gasteiger partial charge on any atom is 0.376 e. The van der Waals surface area contributed by atoms with E-state index in [-0.39, 0.29) is 17.1 Å². The maximum absolute atomic E-state index is 12.0. The normalized spacial score (nSPS) is 13.5. The minimum atomic E-state index is -0.433. The highest BCUT2D eigenvalue weighted by Gasteiger charge is 2.35. The zero-order valence-corrected chi connectivity index (χ0v) is 15.7. The molecule has 2 rings (SSSR count). The van der Waals surface area contributed by atoms with E-state index in [0.717, 1.165) is 11.3 Å². The van der Waals surface area contributed by atoms with Crippen LogP contribution in [0.4, 0.5) is 5.69 Å². The molecule has 0 radical (unpaired) electrons. The Morgan fingerprint density at radius 3 is 2.52 bits per heavy atom. The summed E-state index contributed by atoms with van der Waals surface area (Å²) in [4.78, 5) is 12.0. The molecule has 0 saturated heterocycles. The Balaban J connectivity index is 2.10.